The Morgan fingerprint density at radius 3 is 2.92 bits per heavy atom. The molecule has 0 spiro atoms. The molecule has 1 saturated carbocycles. The molecule has 2 aromatic heterocycles. The van der Waals surface area contributed by atoms with Crippen molar-refractivity contribution in [3.63, 3.8) is 0 Å². The number of fused-ring (bicyclic) bond motifs is 1. The van der Waals surface area contributed by atoms with E-state index >= 15 is 0 Å². The molecule has 0 radical (unpaired) electrons. The Labute approximate surface area is 148 Å². The van der Waals surface area contributed by atoms with Crippen LogP contribution in [0.5, 0.6) is 0 Å². The van der Waals surface area contributed by atoms with Crippen LogP contribution >= 0.6 is 0 Å². The molecule has 0 aromatic carbocycles. The van der Waals surface area contributed by atoms with Crippen molar-refractivity contribution < 1.29 is 4.79 Å². The molecule has 2 aromatic rings. The smallest absolute Gasteiger partial charge is 0.242 e. The number of aromatic nitrogens is 3. The van der Waals surface area contributed by atoms with Crippen molar-refractivity contribution in [2.45, 2.75) is 57.2 Å². The highest BCUT2D eigenvalue weighted by molar-refractivity contribution is 5.94. The number of carbonyl (C=O) groups is 1. The van der Waals surface area contributed by atoms with Crippen LogP contribution < -0.4 is 10.6 Å². The Kier molecular flexibility index (Phi) is 4.78. The minimum atomic E-state index is -0.0740. The van der Waals surface area contributed by atoms with Crippen molar-refractivity contribution in [1.29, 1.82) is 0 Å². The zero-order chi connectivity index (χ0) is 17.1. The number of rotatable bonds is 5. The molecule has 1 aliphatic carbocycles. The fourth-order valence-corrected chi connectivity index (χ4v) is 4.08. The molecule has 132 valence electrons. The van der Waals surface area contributed by atoms with Crippen LogP contribution in [0.2, 0.25) is 0 Å². The summed E-state index contributed by atoms with van der Waals surface area (Å²) >= 11 is 0. The normalized spacial score (nSPS) is 25.5. The topological polar surface area (TPSA) is 71.8 Å². The number of hydrogen-bond donors (Lipinski definition) is 2. The molecule has 25 heavy (non-hydrogen) atoms. The van der Waals surface area contributed by atoms with Gasteiger partial charge in [0.2, 0.25) is 5.91 Å². The standard InChI is InChI=1S/C19H25N5O/c25-19(17-13-15-3-1-2-4-16(15)21-17)22-18-8-12-24(23-18)11-7-14-5-9-20-10-6-14/h5-6,8-10,12,15-17,21H,1-4,7,11,13H2,(H,22,23,25). The van der Waals surface area contributed by atoms with Crippen LogP contribution in [-0.4, -0.2) is 32.8 Å². The van der Waals surface area contributed by atoms with Crippen molar-refractivity contribution in [3.8, 4) is 0 Å². The van der Waals surface area contributed by atoms with Crippen LogP contribution in [0, 0.1) is 5.92 Å². The number of nitrogens with zero attached hydrogens (tertiary/aromatic N) is 3. The van der Waals surface area contributed by atoms with Gasteiger partial charge in [0.1, 0.15) is 0 Å². The number of pyridine rings is 1. The van der Waals surface area contributed by atoms with Gasteiger partial charge < -0.3 is 10.6 Å². The molecular formula is C19H25N5O. The first-order valence-electron chi connectivity index (χ1n) is 9.27. The van der Waals surface area contributed by atoms with E-state index in [2.05, 4.69) is 20.7 Å². The summed E-state index contributed by atoms with van der Waals surface area (Å²) < 4.78 is 1.87. The Morgan fingerprint density at radius 1 is 1.24 bits per heavy atom. The summed E-state index contributed by atoms with van der Waals surface area (Å²) in [6.07, 6.45) is 12.4. The number of aryl methyl sites for hydroxylation is 2. The molecule has 3 atom stereocenters. The maximum absolute atomic E-state index is 12.5. The molecule has 2 fully saturated rings. The predicted molar refractivity (Wildman–Crippen MR) is 96.1 cm³/mol. The highest BCUT2D eigenvalue weighted by Crippen LogP contribution is 2.33. The Hall–Kier alpha value is -2.21. The number of hydrogen-bond acceptors (Lipinski definition) is 4. The molecule has 2 aliphatic rings. The predicted octanol–water partition coefficient (Wildman–Crippen LogP) is 2.38. The molecule has 1 aliphatic heterocycles. The van der Waals surface area contributed by atoms with Crippen molar-refractivity contribution >= 4 is 11.7 Å². The van der Waals surface area contributed by atoms with E-state index in [1.165, 1.54) is 31.2 Å². The van der Waals surface area contributed by atoms with Gasteiger partial charge in [-0.3, -0.25) is 14.5 Å². The first kappa shape index (κ1) is 16.3. The summed E-state index contributed by atoms with van der Waals surface area (Å²) in [5.41, 5.74) is 1.23. The molecule has 3 unspecified atom stereocenters. The lowest BCUT2D eigenvalue weighted by atomic mass is 9.85. The van der Waals surface area contributed by atoms with E-state index in [9.17, 15) is 4.79 Å². The second-order valence-electron chi connectivity index (χ2n) is 7.16. The largest absolute Gasteiger partial charge is 0.308 e. The van der Waals surface area contributed by atoms with Crippen LogP contribution in [0.3, 0.4) is 0 Å². The third-order valence-corrected chi connectivity index (χ3v) is 5.45. The average molecular weight is 339 g/mol. The van der Waals surface area contributed by atoms with E-state index in [1.54, 1.807) is 12.4 Å². The highest BCUT2D eigenvalue weighted by Gasteiger charge is 2.38. The maximum atomic E-state index is 12.5. The van der Waals surface area contributed by atoms with Gasteiger partial charge in [-0.2, -0.15) is 5.10 Å². The van der Waals surface area contributed by atoms with E-state index in [0.717, 1.165) is 19.4 Å². The van der Waals surface area contributed by atoms with Gasteiger partial charge in [0.15, 0.2) is 5.82 Å². The summed E-state index contributed by atoms with van der Waals surface area (Å²) in [7, 11) is 0. The molecule has 3 heterocycles. The van der Waals surface area contributed by atoms with Gasteiger partial charge in [0.05, 0.1) is 6.04 Å². The van der Waals surface area contributed by atoms with Gasteiger partial charge in [-0.1, -0.05) is 12.8 Å². The minimum Gasteiger partial charge on any atom is -0.308 e. The van der Waals surface area contributed by atoms with E-state index in [4.69, 9.17) is 0 Å². The summed E-state index contributed by atoms with van der Waals surface area (Å²) in [5.74, 6) is 1.35. The number of nitrogens with one attached hydrogen (secondary N) is 2. The van der Waals surface area contributed by atoms with E-state index < -0.39 is 0 Å². The second-order valence-corrected chi connectivity index (χ2v) is 7.16. The molecule has 6 nitrogen and oxygen atoms in total. The molecule has 0 bridgehead atoms. The van der Waals surface area contributed by atoms with Crippen molar-refractivity contribution in [2.75, 3.05) is 5.32 Å². The van der Waals surface area contributed by atoms with Gasteiger partial charge in [-0.25, -0.2) is 0 Å². The highest BCUT2D eigenvalue weighted by atomic mass is 16.2. The molecule has 6 heteroatoms. The lowest BCUT2D eigenvalue weighted by Crippen LogP contribution is -2.40. The number of amides is 1. The van der Waals surface area contributed by atoms with E-state index in [1.807, 2.05) is 29.1 Å². The summed E-state index contributed by atoms with van der Waals surface area (Å²) in [5, 5.41) is 11.0. The van der Waals surface area contributed by atoms with Crippen LogP contribution in [-0.2, 0) is 17.8 Å². The fraction of sp³-hybridized carbons (Fsp3) is 0.526. The van der Waals surface area contributed by atoms with Crippen molar-refractivity contribution in [1.82, 2.24) is 20.1 Å². The molecular weight excluding hydrogens is 314 g/mol. The summed E-state index contributed by atoms with van der Waals surface area (Å²) in [4.78, 5) is 16.5. The third kappa shape index (κ3) is 3.90. The zero-order valence-corrected chi connectivity index (χ0v) is 14.4. The quantitative estimate of drug-likeness (QED) is 0.877. The second kappa shape index (κ2) is 7.35. The summed E-state index contributed by atoms with van der Waals surface area (Å²) in [6.45, 7) is 0.783. The van der Waals surface area contributed by atoms with Crippen molar-refractivity contribution in [3.05, 3.63) is 42.4 Å². The average Bonchev–Trinajstić information content (AvgIpc) is 3.27. The molecule has 1 saturated heterocycles. The first-order chi connectivity index (χ1) is 12.3. The fourth-order valence-electron chi connectivity index (χ4n) is 4.08. The number of carbonyl (C=O) groups excluding carboxylic acids is 1. The third-order valence-electron chi connectivity index (χ3n) is 5.45. The van der Waals surface area contributed by atoms with Crippen LogP contribution in [0.1, 0.15) is 37.7 Å². The minimum absolute atomic E-state index is 0.0498. The van der Waals surface area contributed by atoms with Crippen LogP contribution in [0.15, 0.2) is 36.8 Å². The monoisotopic (exact) mass is 339 g/mol. The number of anilines is 1. The Bertz CT molecular complexity index is 700. The van der Waals surface area contributed by atoms with Crippen LogP contribution in [0.25, 0.3) is 0 Å². The Morgan fingerprint density at radius 2 is 2.08 bits per heavy atom. The SMILES string of the molecule is O=C(Nc1ccn(CCc2ccncc2)n1)C1CC2CCCCC2N1. The van der Waals surface area contributed by atoms with Gasteiger partial charge in [0, 0.05) is 37.2 Å². The van der Waals surface area contributed by atoms with Crippen molar-refractivity contribution in [2.24, 2.45) is 5.92 Å². The molecule has 4 rings (SSSR count). The molecule has 2 N–H and O–H groups in total. The zero-order valence-electron chi connectivity index (χ0n) is 14.4. The van der Waals surface area contributed by atoms with E-state index in [-0.39, 0.29) is 11.9 Å². The van der Waals surface area contributed by atoms with Crippen LogP contribution in [0.4, 0.5) is 5.82 Å². The summed E-state index contributed by atoms with van der Waals surface area (Å²) in [6, 6.07) is 6.35. The first-order valence-corrected chi connectivity index (χ1v) is 9.27. The van der Waals surface area contributed by atoms with Gasteiger partial charge in [0.25, 0.3) is 0 Å². The Balaban J connectivity index is 1.29. The van der Waals surface area contributed by atoms with Gasteiger partial charge in [-0.15, -0.1) is 0 Å². The molecule has 1 amide bonds. The van der Waals surface area contributed by atoms with Gasteiger partial charge in [-0.05, 0) is 49.3 Å². The van der Waals surface area contributed by atoms with Gasteiger partial charge >= 0.3 is 0 Å². The maximum Gasteiger partial charge on any atom is 0.242 e. The lowest BCUT2D eigenvalue weighted by molar-refractivity contribution is -0.117. The lowest BCUT2D eigenvalue weighted by Gasteiger charge is -2.24. The van der Waals surface area contributed by atoms with E-state index in [0.29, 0.717) is 17.8 Å².